The smallest absolute Gasteiger partial charge is 0.256 e. The predicted molar refractivity (Wildman–Crippen MR) is 71.2 cm³/mol. The fourth-order valence-corrected chi connectivity index (χ4v) is 2.26. The molecule has 19 heavy (non-hydrogen) atoms. The van der Waals surface area contributed by atoms with E-state index in [0.717, 1.165) is 5.69 Å². The van der Waals surface area contributed by atoms with Crippen molar-refractivity contribution in [2.24, 2.45) is 0 Å². The van der Waals surface area contributed by atoms with Gasteiger partial charge in [0.2, 0.25) is 0 Å². The molecule has 1 N–H and O–H groups in total. The van der Waals surface area contributed by atoms with E-state index in [1.807, 2.05) is 6.92 Å². The van der Waals surface area contributed by atoms with Gasteiger partial charge < -0.3 is 9.52 Å². The second-order valence-electron chi connectivity index (χ2n) is 3.81. The third-order valence-corrected chi connectivity index (χ3v) is 3.20. The zero-order chi connectivity index (χ0) is 13.7. The summed E-state index contributed by atoms with van der Waals surface area (Å²) in [6, 6.07) is 4.77. The molecule has 0 unspecified atom stereocenters. The molecule has 5 heteroatoms. The topological polar surface area (TPSA) is 46.3 Å². The molecule has 1 aromatic carbocycles. The van der Waals surface area contributed by atoms with Crippen LogP contribution in [0.4, 0.5) is 4.39 Å². The van der Waals surface area contributed by atoms with E-state index in [1.54, 1.807) is 18.4 Å². The minimum atomic E-state index is -0.319. The first-order chi connectivity index (χ1) is 9.19. The highest BCUT2D eigenvalue weighted by Crippen LogP contribution is 2.23. The molecule has 0 aliphatic heterocycles. The average Bonchev–Trinajstić information content (AvgIpc) is 2.81. The van der Waals surface area contributed by atoms with Crippen molar-refractivity contribution in [3.05, 3.63) is 47.1 Å². The molecule has 0 amide bonds. The lowest BCUT2D eigenvalue weighted by molar-refractivity contribution is 0.350. The normalized spacial score (nSPS) is 10.1. The molecule has 3 nitrogen and oxygen atoms in total. The molecule has 98 valence electrons. The van der Waals surface area contributed by atoms with E-state index >= 15 is 0 Å². The Bertz CT molecular complexity index is 628. The summed E-state index contributed by atoms with van der Waals surface area (Å²) in [6.45, 7) is 1.60. The predicted octanol–water partition coefficient (Wildman–Crippen LogP) is 2.76. The number of aryl methyl sites for hydroxylation is 1. The molecular formula is C14H12FNO2S. The Labute approximate surface area is 114 Å². The van der Waals surface area contributed by atoms with Crippen LogP contribution in [0.25, 0.3) is 0 Å². The highest BCUT2D eigenvalue weighted by molar-refractivity contribution is 7.98. The number of halogens is 1. The molecule has 0 saturated heterocycles. The Kier molecular flexibility index (Phi) is 4.61. The lowest BCUT2D eigenvalue weighted by atomic mass is 10.1. The third-order valence-electron chi connectivity index (χ3n) is 2.31. The summed E-state index contributed by atoms with van der Waals surface area (Å²) in [5.41, 5.74) is 1.92. The number of hydrogen-bond donors (Lipinski definition) is 1. The average molecular weight is 277 g/mol. The summed E-state index contributed by atoms with van der Waals surface area (Å²) >= 11 is 1.34. The molecule has 0 radical (unpaired) electrons. The number of hydrogen-bond acceptors (Lipinski definition) is 4. The van der Waals surface area contributed by atoms with E-state index in [-0.39, 0.29) is 12.4 Å². The largest absolute Gasteiger partial charge is 0.440 e. The Morgan fingerprint density at radius 2 is 2.32 bits per heavy atom. The van der Waals surface area contributed by atoms with Crippen LogP contribution in [-0.2, 0) is 5.75 Å². The molecule has 0 fully saturated rings. The standard InChI is InChI=1S/C14H12FNO2S/c1-10-8-18-14(16-10)19-9-12-5-4-11(3-2-6-17)7-13(12)15/h4-5,7-8,17H,6,9H2,1H3. The van der Waals surface area contributed by atoms with Crippen LogP contribution in [0.3, 0.4) is 0 Å². The Hall–Kier alpha value is -1.77. The van der Waals surface area contributed by atoms with Crippen molar-refractivity contribution in [1.82, 2.24) is 4.98 Å². The van der Waals surface area contributed by atoms with E-state index in [2.05, 4.69) is 16.8 Å². The van der Waals surface area contributed by atoms with Gasteiger partial charge in [0, 0.05) is 11.3 Å². The summed E-state index contributed by atoms with van der Waals surface area (Å²) < 4.78 is 19.0. The number of oxazole rings is 1. The van der Waals surface area contributed by atoms with Crippen LogP contribution >= 0.6 is 11.8 Å². The first kappa shape index (κ1) is 13.7. The second kappa shape index (κ2) is 6.41. The van der Waals surface area contributed by atoms with Gasteiger partial charge in [0.25, 0.3) is 5.22 Å². The molecule has 0 aliphatic carbocycles. The summed E-state index contributed by atoms with van der Waals surface area (Å²) in [7, 11) is 0. The number of aliphatic hydroxyl groups is 1. The van der Waals surface area contributed by atoms with E-state index in [1.165, 1.54) is 17.8 Å². The second-order valence-corrected chi connectivity index (χ2v) is 4.74. The van der Waals surface area contributed by atoms with Gasteiger partial charge in [0.15, 0.2) is 0 Å². The molecule has 1 aromatic heterocycles. The van der Waals surface area contributed by atoms with Crippen molar-refractivity contribution in [1.29, 1.82) is 0 Å². The molecule has 2 rings (SSSR count). The van der Waals surface area contributed by atoms with Crippen LogP contribution in [0, 0.1) is 24.6 Å². The minimum absolute atomic E-state index is 0.233. The molecule has 1 heterocycles. The quantitative estimate of drug-likeness (QED) is 0.692. The van der Waals surface area contributed by atoms with Crippen molar-refractivity contribution < 1.29 is 13.9 Å². The van der Waals surface area contributed by atoms with E-state index < -0.39 is 0 Å². The molecular weight excluding hydrogens is 265 g/mol. The van der Waals surface area contributed by atoms with Crippen LogP contribution in [0.1, 0.15) is 16.8 Å². The first-order valence-corrected chi connectivity index (χ1v) is 6.60. The number of aromatic nitrogens is 1. The molecule has 0 aliphatic rings. The number of nitrogens with zero attached hydrogens (tertiary/aromatic N) is 1. The summed E-state index contributed by atoms with van der Waals surface area (Å²) in [6.07, 6.45) is 1.56. The van der Waals surface area contributed by atoms with E-state index in [4.69, 9.17) is 9.52 Å². The van der Waals surface area contributed by atoms with Crippen molar-refractivity contribution in [2.75, 3.05) is 6.61 Å². The van der Waals surface area contributed by atoms with Crippen LogP contribution in [0.5, 0.6) is 0 Å². The number of rotatable bonds is 3. The summed E-state index contributed by atoms with van der Waals surface area (Å²) in [4.78, 5) is 4.14. The molecule has 0 atom stereocenters. The van der Waals surface area contributed by atoms with Gasteiger partial charge in [-0.2, -0.15) is 0 Å². The molecule has 0 bridgehead atoms. The van der Waals surface area contributed by atoms with Crippen molar-refractivity contribution >= 4 is 11.8 Å². The van der Waals surface area contributed by atoms with Gasteiger partial charge in [-0.05, 0) is 24.6 Å². The summed E-state index contributed by atoms with van der Waals surface area (Å²) in [5, 5.41) is 9.10. The molecule has 0 spiro atoms. The van der Waals surface area contributed by atoms with Crippen LogP contribution < -0.4 is 0 Å². The van der Waals surface area contributed by atoms with Crippen LogP contribution in [0.15, 0.2) is 34.1 Å². The zero-order valence-electron chi connectivity index (χ0n) is 10.3. The zero-order valence-corrected chi connectivity index (χ0v) is 11.1. The molecule has 2 aromatic rings. The molecule has 0 saturated carbocycles. The van der Waals surface area contributed by atoms with Gasteiger partial charge in [-0.1, -0.05) is 29.7 Å². The maximum atomic E-state index is 13.8. The van der Waals surface area contributed by atoms with Crippen LogP contribution in [-0.4, -0.2) is 16.7 Å². The van der Waals surface area contributed by atoms with Gasteiger partial charge >= 0.3 is 0 Å². The van der Waals surface area contributed by atoms with Crippen molar-refractivity contribution in [3.8, 4) is 11.8 Å². The Balaban J connectivity index is 2.05. The Morgan fingerprint density at radius 1 is 1.47 bits per heavy atom. The maximum absolute atomic E-state index is 13.8. The Morgan fingerprint density at radius 3 is 2.95 bits per heavy atom. The number of benzene rings is 1. The van der Waals surface area contributed by atoms with E-state index in [0.29, 0.717) is 22.1 Å². The maximum Gasteiger partial charge on any atom is 0.256 e. The fraction of sp³-hybridized carbons (Fsp3) is 0.214. The van der Waals surface area contributed by atoms with Gasteiger partial charge in [-0.3, -0.25) is 0 Å². The van der Waals surface area contributed by atoms with Gasteiger partial charge in [-0.25, -0.2) is 9.37 Å². The highest BCUT2D eigenvalue weighted by Gasteiger charge is 2.06. The van der Waals surface area contributed by atoms with Gasteiger partial charge in [0.1, 0.15) is 18.7 Å². The highest BCUT2D eigenvalue weighted by atomic mass is 32.2. The monoisotopic (exact) mass is 277 g/mol. The van der Waals surface area contributed by atoms with E-state index in [9.17, 15) is 4.39 Å². The number of thioether (sulfide) groups is 1. The number of aliphatic hydroxyl groups excluding tert-OH is 1. The summed E-state index contributed by atoms with van der Waals surface area (Å²) in [5.74, 6) is 5.27. The van der Waals surface area contributed by atoms with Gasteiger partial charge in [0.05, 0.1) is 5.69 Å². The lowest BCUT2D eigenvalue weighted by Gasteiger charge is -2.01. The SMILES string of the molecule is Cc1coc(SCc2ccc(C#CCO)cc2F)n1. The van der Waals surface area contributed by atoms with Crippen molar-refractivity contribution in [2.45, 2.75) is 17.9 Å². The minimum Gasteiger partial charge on any atom is -0.440 e. The fourth-order valence-electron chi connectivity index (χ4n) is 1.42. The third kappa shape index (κ3) is 3.85. The van der Waals surface area contributed by atoms with Crippen molar-refractivity contribution in [3.63, 3.8) is 0 Å². The van der Waals surface area contributed by atoms with Crippen LogP contribution in [0.2, 0.25) is 0 Å². The van der Waals surface area contributed by atoms with Gasteiger partial charge in [-0.15, -0.1) is 0 Å². The first-order valence-electron chi connectivity index (χ1n) is 5.62. The lowest BCUT2D eigenvalue weighted by Crippen LogP contribution is -1.89.